The third kappa shape index (κ3) is 5.96. The summed E-state index contributed by atoms with van der Waals surface area (Å²) in [6.45, 7) is 3.67. The van der Waals surface area contributed by atoms with Crippen molar-refractivity contribution in [3.8, 4) is 0 Å². The number of hydrogen-bond acceptors (Lipinski definition) is 3. The molecular formula is C13H18N4OS. The lowest BCUT2D eigenvalue weighted by atomic mass is 10.1. The maximum absolute atomic E-state index is 11.8. The van der Waals surface area contributed by atoms with Crippen molar-refractivity contribution < 1.29 is 4.79 Å². The Morgan fingerprint density at radius 2 is 2.05 bits per heavy atom. The third-order valence-electron chi connectivity index (χ3n) is 2.45. The van der Waals surface area contributed by atoms with Crippen LogP contribution in [0.15, 0.2) is 35.4 Å². The predicted octanol–water partition coefficient (Wildman–Crippen LogP) is 1.46. The van der Waals surface area contributed by atoms with Crippen molar-refractivity contribution in [1.82, 2.24) is 10.7 Å². The number of benzene rings is 1. The Morgan fingerprint density at radius 3 is 2.63 bits per heavy atom. The standard InChI is InChI=1S/C13H18N4OS/c1-9(16-17-13(14)19)8-12(18)15-10(2)11-6-4-3-5-7-11/h3-7,10H,8H2,1-2H3,(H,15,18)(H3,14,17,19)/b16-9-/t10-/m0/s1. The number of thiocarbonyl (C=S) groups is 1. The summed E-state index contributed by atoms with van der Waals surface area (Å²) in [5.74, 6) is -0.0951. The molecule has 4 N–H and O–H groups in total. The number of nitrogens with two attached hydrogens (primary N) is 1. The molecular weight excluding hydrogens is 260 g/mol. The second kappa shape index (κ2) is 7.48. The van der Waals surface area contributed by atoms with Crippen LogP contribution in [0.3, 0.4) is 0 Å². The molecule has 0 heterocycles. The Morgan fingerprint density at radius 1 is 1.42 bits per heavy atom. The molecule has 0 fully saturated rings. The Kier molecular flexibility index (Phi) is 5.95. The summed E-state index contributed by atoms with van der Waals surface area (Å²) in [7, 11) is 0. The molecule has 0 spiro atoms. The van der Waals surface area contributed by atoms with Gasteiger partial charge in [0.05, 0.1) is 12.5 Å². The van der Waals surface area contributed by atoms with E-state index in [1.807, 2.05) is 37.3 Å². The monoisotopic (exact) mass is 278 g/mol. The van der Waals surface area contributed by atoms with Crippen molar-refractivity contribution in [3.05, 3.63) is 35.9 Å². The first-order valence-corrected chi connectivity index (χ1v) is 6.32. The second-order valence-corrected chi connectivity index (χ2v) is 4.64. The molecule has 0 aliphatic rings. The molecule has 1 aromatic rings. The van der Waals surface area contributed by atoms with Gasteiger partial charge in [-0.2, -0.15) is 5.10 Å². The van der Waals surface area contributed by atoms with Gasteiger partial charge in [-0.3, -0.25) is 10.2 Å². The van der Waals surface area contributed by atoms with Gasteiger partial charge < -0.3 is 11.1 Å². The maximum Gasteiger partial charge on any atom is 0.226 e. The minimum Gasteiger partial charge on any atom is -0.375 e. The average Bonchev–Trinajstić information content (AvgIpc) is 2.37. The zero-order valence-electron chi connectivity index (χ0n) is 11.0. The van der Waals surface area contributed by atoms with Crippen LogP contribution in [0.25, 0.3) is 0 Å². The Bertz CT molecular complexity index is 473. The van der Waals surface area contributed by atoms with Crippen molar-refractivity contribution in [2.75, 3.05) is 0 Å². The van der Waals surface area contributed by atoms with Crippen LogP contribution in [0.5, 0.6) is 0 Å². The fraction of sp³-hybridized carbons (Fsp3) is 0.308. The van der Waals surface area contributed by atoms with E-state index >= 15 is 0 Å². The van der Waals surface area contributed by atoms with Crippen LogP contribution in [0.1, 0.15) is 31.9 Å². The van der Waals surface area contributed by atoms with Gasteiger partial charge in [0.25, 0.3) is 0 Å². The van der Waals surface area contributed by atoms with Gasteiger partial charge in [0.1, 0.15) is 0 Å². The van der Waals surface area contributed by atoms with Crippen molar-refractivity contribution in [3.63, 3.8) is 0 Å². The summed E-state index contributed by atoms with van der Waals surface area (Å²) in [6, 6.07) is 9.73. The summed E-state index contributed by atoms with van der Waals surface area (Å²) in [6.07, 6.45) is 0.201. The molecule has 102 valence electrons. The van der Waals surface area contributed by atoms with Gasteiger partial charge in [-0.1, -0.05) is 30.3 Å². The molecule has 5 nitrogen and oxygen atoms in total. The zero-order chi connectivity index (χ0) is 14.3. The highest BCUT2D eigenvalue weighted by Gasteiger charge is 2.09. The molecule has 6 heteroatoms. The first-order valence-electron chi connectivity index (χ1n) is 5.92. The summed E-state index contributed by atoms with van der Waals surface area (Å²) in [4.78, 5) is 11.8. The summed E-state index contributed by atoms with van der Waals surface area (Å²) in [5, 5.41) is 6.87. The first kappa shape index (κ1) is 15.1. The highest BCUT2D eigenvalue weighted by atomic mass is 32.1. The molecule has 0 saturated carbocycles. The average molecular weight is 278 g/mol. The number of nitrogens with zero attached hydrogens (tertiary/aromatic N) is 1. The highest BCUT2D eigenvalue weighted by molar-refractivity contribution is 7.80. The topological polar surface area (TPSA) is 79.5 Å². The molecule has 1 amide bonds. The van der Waals surface area contributed by atoms with Crippen molar-refractivity contribution in [1.29, 1.82) is 0 Å². The van der Waals surface area contributed by atoms with Crippen LogP contribution >= 0.6 is 12.2 Å². The number of hydrazone groups is 1. The molecule has 0 aliphatic heterocycles. The number of hydrogen-bond donors (Lipinski definition) is 3. The molecule has 19 heavy (non-hydrogen) atoms. The van der Waals surface area contributed by atoms with Gasteiger partial charge in [0.15, 0.2) is 5.11 Å². The molecule has 0 aromatic heterocycles. The summed E-state index contributed by atoms with van der Waals surface area (Å²) >= 11 is 4.62. The second-order valence-electron chi connectivity index (χ2n) is 4.20. The Balaban J connectivity index is 2.47. The van der Waals surface area contributed by atoms with Gasteiger partial charge >= 0.3 is 0 Å². The summed E-state index contributed by atoms with van der Waals surface area (Å²) < 4.78 is 0. The van der Waals surface area contributed by atoms with E-state index in [1.54, 1.807) is 6.92 Å². The fourth-order valence-electron chi connectivity index (χ4n) is 1.54. The minimum atomic E-state index is -0.0951. The number of carbonyl (C=O) groups is 1. The third-order valence-corrected chi connectivity index (χ3v) is 2.54. The van der Waals surface area contributed by atoms with E-state index in [4.69, 9.17) is 5.73 Å². The molecule has 1 atom stereocenters. The van der Waals surface area contributed by atoms with Gasteiger partial charge in [-0.25, -0.2) is 0 Å². The largest absolute Gasteiger partial charge is 0.375 e. The Hall–Kier alpha value is -1.95. The normalized spacial score (nSPS) is 12.6. The van der Waals surface area contributed by atoms with E-state index in [2.05, 4.69) is 28.1 Å². The molecule has 1 aromatic carbocycles. The fourth-order valence-corrected chi connectivity index (χ4v) is 1.59. The molecule has 0 bridgehead atoms. The highest BCUT2D eigenvalue weighted by Crippen LogP contribution is 2.11. The van der Waals surface area contributed by atoms with E-state index in [9.17, 15) is 4.79 Å². The van der Waals surface area contributed by atoms with Gasteiger partial charge in [-0.05, 0) is 31.6 Å². The molecule has 1 rings (SSSR count). The van der Waals surface area contributed by atoms with E-state index in [0.717, 1.165) is 5.56 Å². The van der Waals surface area contributed by atoms with Crippen LogP contribution in [0.2, 0.25) is 0 Å². The Labute approximate surface area is 118 Å². The lowest BCUT2D eigenvalue weighted by molar-refractivity contribution is -0.120. The quantitative estimate of drug-likeness (QED) is 0.433. The van der Waals surface area contributed by atoms with Crippen LogP contribution < -0.4 is 16.5 Å². The van der Waals surface area contributed by atoms with Crippen molar-refractivity contribution in [2.24, 2.45) is 10.8 Å². The van der Waals surface area contributed by atoms with E-state index in [-0.39, 0.29) is 23.5 Å². The molecule has 0 radical (unpaired) electrons. The first-order chi connectivity index (χ1) is 8.99. The van der Waals surface area contributed by atoms with Crippen LogP contribution in [0.4, 0.5) is 0 Å². The van der Waals surface area contributed by atoms with Gasteiger partial charge in [-0.15, -0.1) is 0 Å². The van der Waals surface area contributed by atoms with Crippen LogP contribution in [-0.2, 0) is 4.79 Å². The van der Waals surface area contributed by atoms with E-state index < -0.39 is 0 Å². The zero-order valence-corrected chi connectivity index (χ0v) is 11.8. The van der Waals surface area contributed by atoms with Crippen molar-refractivity contribution >= 4 is 28.9 Å². The van der Waals surface area contributed by atoms with E-state index in [0.29, 0.717) is 5.71 Å². The molecule has 0 aliphatic carbocycles. The van der Waals surface area contributed by atoms with Crippen LogP contribution in [-0.4, -0.2) is 16.7 Å². The SMILES string of the molecule is C/C(CC(=O)N[C@@H](C)c1ccccc1)=N/NC(N)=S. The van der Waals surface area contributed by atoms with Gasteiger partial charge in [0, 0.05) is 5.71 Å². The molecule has 0 saturated heterocycles. The number of rotatable bonds is 5. The predicted molar refractivity (Wildman–Crippen MR) is 80.6 cm³/mol. The minimum absolute atomic E-state index is 0.0370. The number of amides is 1. The smallest absolute Gasteiger partial charge is 0.226 e. The maximum atomic E-state index is 11.8. The van der Waals surface area contributed by atoms with Crippen LogP contribution in [0, 0.1) is 0 Å². The van der Waals surface area contributed by atoms with Crippen molar-refractivity contribution in [2.45, 2.75) is 26.3 Å². The summed E-state index contributed by atoms with van der Waals surface area (Å²) in [5.41, 5.74) is 9.37. The number of carbonyl (C=O) groups excluding carboxylic acids is 1. The van der Waals surface area contributed by atoms with E-state index in [1.165, 1.54) is 0 Å². The van der Waals surface area contributed by atoms with Gasteiger partial charge in [0.2, 0.25) is 5.91 Å². The lowest BCUT2D eigenvalue weighted by Gasteiger charge is -2.14. The lowest BCUT2D eigenvalue weighted by Crippen LogP contribution is -2.29. The molecule has 0 unspecified atom stereocenters. The number of nitrogens with one attached hydrogen (secondary N) is 2.